The first kappa shape index (κ1) is 13.9. The summed E-state index contributed by atoms with van der Waals surface area (Å²) in [6.07, 6.45) is 1.64. The summed E-state index contributed by atoms with van der Waals surface area (Å²) in [5, 5.41) is 4.08. The van der Waals surface area contributed by atoms with Gasteiger partial charge in [0.2, 0.25) is 0 Å². The fraction of sp³-hybridized carbons (Fsp3) is 0.133. The number of hydrogen-bond donors (Lipinski definition) is 1. The fourth-order valence-corrected chi connectivity index (χ4v) is 1.64. The van der Waals surface area contributed by atoms with Crippen LogP contribution in [0.15, 0.2) is 47.6 Å². The van der Waals surface area contributed by atoms with E-state index in [-0.39, 0.29) is 5.82 Å². The highest BCUT2D eigenvalue weighted by Gasteiger charge is 2.02. The Labute approximate surface area is 116 Å². The van der Waals surface area contributed by atoms with E-state index in [1.165, 1.54) is 12.1 Å². The zero-order chi connectivity index (χ0) is 14.4. The molecule has 104 valence electrons. The fourth-order valence-electron chi connectivity index (χ4n) is 1.64. The summed E-state index contributed by atoms with van der Waals surface area (Å²) in [7, 11) is 3.16. The van der Waals surface area contributed by atoms with Gasteiger partial charge in [-0.2, -0.15) is 5.10 Å². The lowest BCUT2D eigenvalue weighted by Crippen LogP contribution is -1.94. The van der Waals surface area contributed by atoms with Crippen molar-refractivity contribution in [3.8, 4) is 11.5 Å². The Kier molecular flexibility index (Phi) is 4.55. The Morgan fingerprint density at radius 2 is 1.70 bits per heavy atom. The van der Waals surface area contributed by atoms with Crippen molar-refractivity contribution in [1.82, 2.24) is 0 Å². The lowest BCUT2D eigenvalue weighted by atomic mass is 10.2. The maximum absolute atomic E-state index is 12.7. The molecule has 0 saturated heterocycles. The van der Waals surface area contributed by atoms with Gasteiger partial charge in [0.1, 0.15) is 5.82 Å². The van der Waals surface area contributed by atoms with Gasteiger partial charge in [-0.25, -0.2) is 4.39 Å². The molecule has 2 rings (SSSR count). The topological polar surface area (TPSA) is 42.8 Å². The van der Waals surface area contributed by atoms with Gasteiger partial charge in [0.05, 0.1) is 26.1 Å². The Hall–Kier alpha value is -2.56. The van der Waals surface area contributed by atoms with Gasteiger partial charge in [0.25, 0.3) is 0 Å². The minimum absolute atomic E-state index is 0.278. The van der Waals surface area contributed by atoms with Gasteiger partial charge in [0.15, 0.2) is 11.5 Å². The summed E-state index contributed by atoms with van der Waals surface area (Å²) in [6, 6.07) is 11.4. The van der Waals surface area contributed by atoms with Crippen molar-refractivity contribution in [2.75, 3.05) is 19.6 Å². The molecule has 0 unspecified atom stereocenters. The molecule has 0 amide bonds. The molecule has 0 aromatic heterocycles. The van der Waals surface area contributed by atoms with Crippen LogP contribution >= 0.6 is 0 Å². The average Bonchev–Trinajstić information content (AvgIpc) is 2.49. The molecule has 4 nitrogen and oxygen atoms in total. The second-order valence-corrected chi connectivity index (χ2v) is 3.99. The second kappa shape index (κ2) is 6.56. The summed E-state index contributed by atoms with van der Waals surface area (Å²) < 4.78 is 23.1. The largest absolute Gasteiger partial charge is 0.493 e. The quantitative estimate of drug-likeness (QED) is 0.672. The van der Waals surface area contributed by atoms with Gasteiger partial charge in [-0.3, -0.25) is 5.43 Å². The molecule has 0 atom stereocenters. The Balaban J connectivity index is 2.05. The molecule has 2 aromatic carbocycles. The van der Waals surface area contributed by atoms with Crippen LogP contribution in [0.2, 0.25) is 0 Å². The molecule has 0 fully saturated rings. The number of anilines is 1. The van der Waals surface area contributed by atoms with Crippen molar-refractivity contribution in [3.05, 3.63) is 53.8 Å². The van der Waals surface area contributed by atoms with Crippen LogP contribution in [0.25, 0.3) is 0 Å². The van der Waals surface area contributed by atoms with E-state index in [0.29, 0.717) is 17.2 Å². The number of hydrogen-bond acceptors (Lipinski definition) is 4. The van der Waals surface area contributed by atoms with Gasteiger partial charge >= 0.3 is 0 Å². The van der Waals surface area contributed by atoms with Gasteiger partial charge in [-0.1, -0.05) is 0 Å². The average molecular weight is 274 g/mol. The number of hydrazone groups is 1. The number of nitrogens with one attached hydrogen (secondary N) is 1. The lowest BCUT2D eigenvalue weighted by molar-refractivity contribution is 0.355. The van der Waals surface area contributed by atoms with Crippen LogP contribution in [0.1, 0.15) is 5.56 Å². The summed E-state index contributed by atoms with van der Waals surface area (Å²) in [5.74, 6) is 1.02. The Bertz CT molecular complexity index is 597. The molecule has 0 bridgehead atoms. The van der Waals surface area contributed by atoms with Crippen molar-refractivity contribution < 1.29 is 13.9 Å². The van der Waals surface area contributed by atoms with Crippen molar-refractivity contribution in [3.63, 3.8) is 0 Å². The molecule has 0 aliphatic heterocycles. The zero-order valence-corrected chi connectivity index (χ0v) is 11.3. The third-order valence-corrected chi connectivity index (χ3v) is 2.66. The molecule has 0 aliphatic carbocycles. The highest BCUT2D eigenvalue weighted by atomic mass is 19.1. The van der Waals surface area contributed by atoms with Crippen LogP contribution < -0.4 is 14.9 Å². The highest BCUT2D eigenvalue weighted by molar-refractivity contribution is 5.81. The minimum Gasteiger partial charge on any atom is -0.493 e. The third kappa shape index (κ3) is 3.47. The molecule has 0 aliphatic rings. The maximum Gasteiger partial charge on any atom is 0.161 e. The van der Waals surface area contributed by atoms with Crippen LogP contribution in [0.4, 0.5) is 10.1 Å². The van der Waals surface area contributed by atoms with Crippen LogP contribution in [0.5, 0.6) is 11.5 Å². The molecule has 5 heteroatoms. The number of nitrogens with zero attached hydrogens (tertiary/aromatic N) is 1. The predicted molar refractivity (Wildman–Crippen MR) is 77.2 cm³/mol. The summed E-state index contributed by atoms with van der Waals surface area (Å²) in [4.78, 5) is 0. The maximum atomic E-state index is 12.7. The van der Waals surface area contributed by atoms with Gasteiger partial charge in [-0.05, 0) is 48.0 Å². The van der Waals surface area contributed by atoms with Crippen LogP contribution in [0.3, 0.4) is 0 Å². The van der Waals surface area contributed by atoms with Gasteiger partial charge in [-0.15, -0.1) is 0 Å². The number of rotatable bonds is 5. The highest BCUT2D eigenvalue weighted by Crippen LogP contribution is 2.26. The summed E-state index contributed by atoms with van der Waals surface area (Å²) in [6.45, 7) is 0. The monoisotopic (exact) mass is 274 g/mol. The van der Waals surface area contributed by atoms with E-state index >= 15 is 0 Å². The van der Waals surface area contributed by atoms with Crippen molar-refractivity contribution in [2.45, 2.75) is 0 Å². The molecular formula is C15H15FN2O2. The lowest BCUT2D eigenvalue weighted by Gasteiger charge is -2.07. The van der Waals surface area contributed by atoms with E-state index in [1.807, 2.05) is 12.1 Å². The smallest absolute Gasteiger partial charge is 0.161 e. The number of ether oxygens (including phenoxy) is 2. The minimum atomic E-state index is -0.278. The third-order valence-electron chi connectivity index (χ3n) is 2.66. The van der Waals surface area contributed by atoms with Crippen LogP contribution in [-0.2, 0) is 0 Å². The Morgan fingerprint density at radius 1 is 1.00 bits per heavy atom. The normalized spacial score (nSPS) is 10.6. The molecule has 0 spiro atoms. The first-order valence-corrected chi connectivity index (χ1v) is 5.99. The van der Waals surface area contributed by atoms with E-state index in [0.717, 1.165) is 5.56 Å². The SMILES string of the molecule is COc1ccc(/C=N/Nc2ccc(F)cc2)cc1OC. The molecule has 20 heavy (non-hydrogen) atoms. The van der Waals surface area contributed by atoms with Crippen molar-refractivity contribution in [1.29, 1.82) is 0 Å². The summed E-state index contributed by atoms with van der Waals surface area (Å²) >= 11 is 0. The Morgan fingerprint density at radius 3 is 2.35 bits per heavy atom. The number of benzene rings is 2. The predicted octanol–water partition coefficient (Wildman–Crippen LogP) is 3.29. The first-order chi connectivity index (χ1) is 9.72. The number of methoxy groups -OCH3 is 2. The standard InChI is InChI=1S/C15H15FN2O2/c1-19-14-8-3-11(9-15(14)20-2)10-17-18-13-6-4-12(16)5-7-13/h3-10,18H,1-2H3/b17-10+. The zero-order valence-electron chi connectivity index (χ0n) is 11.3. The van der Waals surface area contributed by atoms with E-state index in [2.05, 4.69) is 10.5 Å². The molecule has 0 radical (unpaired) electrons. The van der Waals surface area contributed by atoms with Crippen molar-refractivity contribution in [2.24, 2.45) is 5.10 Å². The van der Waals surface area contributed by atoms with Crippen molar-refractivity contribution >= 4 is 11.9 Å². The first-order valence-electron chi connectivity index (χ1n) is 5.99. The van der Waals surface area contributed by atoms with Crippen LogP contribution in [0, 0.1) is 5.82 Å². The molecule has 2 aromatic rings. The molecule has 0 saturated carbocycles. The molecular weight excluding hydrogens is 259 g/mol. The van der Waals surface area contributed by atoms with Crippen LogP contribution in [-0.4, -0.2) is 20.4 Å². The molecule has 0 heterocycles. The molecule has 1 N–H and O–H groups in total. The van der Waals surface area contributed by atoms with E-state index in [4.69, 9.17) is 9.47 Å². The van der Waals surface area contributed by atoms with E-state index in [1.54, 1.807) is 38.6 Å². The number of halogens is 1. The second-order valence-electron chi connectivity index (χ2n) is 3.99. The van der Waals surface area contributed by atoms with Gasteiger partial charge < -0.3 is 9.47 Å². The van der Waals surface area contributed by atoms with Gasteiger partial charge in [0, 0.05) is 0 Å². The summed E-state index contributed by atoms with van der Waals surface area (Å²) in [5.41, 5.74) is 4.39. The van der Waals surface area contributed by atoms with E-state index < -0.39 is 0 Å². The van der Waals surface area contributed by atoms with E-state index in [9.17, 15) is 4.39 Å².